The summed E-state index contributed by atoms with van der Waals surface area (Å²) in [5.74, 6) is 0.666. The standard InChI is InChI=1S/C17H26N4O/c1-5-10-19-17(18-4)20-12-14-8-7-9-15(11-14)16(22)21-13(3)6-2/h5,7-9,11,13H,1,6,10,12H2,2-4H3,(H,21,22)(H2,18,19,20). The van der Waals surface area contributed by atoms with Crippen LogP contribution in [0.2, 0.25) is 0 Å². The van der Waals surface area contributed by atoms with Gasteiger partial charge in [0, 0.05) is 31.7 Å². The zero-order valence-electron chi connectivity index (χ0n) is 13.6. The van der Waals surface area contributed by atoms with Crippen LogP contribution >= 0.6 is 0 Å². The zero-order valence-corrected chi connectivity index (χ0v) is 13.6. The lowest BCUT2D eigenvalue weighted by atomic mass is 10.1. The molecule has 0 saturated heterocycles. The molecule has 0 fully saturated rings. The van der Waals surface area contributed by atoms with Crippen LogP contribution in [0.1, 0.15) is 36.2 Å². The van der Waals surface area contributed by atoms with Gasteiger partial charge in [0.05, 0.1) is 0 Å². The van der Waals surface area contributed by atoms with Crippen LogP contribution in [0.3, 0.4) is 0 Å². The average Bonchev–Trinajstić information content (AvgIpc) is 2.55. The van der Waals surface area contributed by atoms with Crippen molar-refractivity contribution in [2.24, 2.45) is 4.99 Å². The summed E-state index contributed by atoms with van der Waals surface area (Å²) in [4.78, 5) is 16.2. The Bertz CT molecular complexity index is 525. The van der Waals surface area contributed by atoms with Crippen LogP contribution in [0.15, 0.2) is 41.9 Å². The molecule has 5 heteroatoms. The Kier molecular flexibility index (Phi) is 7.75. The maximum atomic E-state index is 12.1. The van der Waals surface area contributed by atoms with Crippen molar-refractivity contribution in [2.75, 3.05) is 13.6 Å². The second-order valence-electron chi connectivity index (χ2n) is 5.08. The summed E-state index contributed by atoms with van der Waals surface area (Å²) in [6.07, 6.45) is 2.69. The number of hydrogen-bond donors (Lipinski definition) is 3. The number of benzene rings is 1. The lowest BCUT2D eigenvalue weighted by molar-refractivity contribution is 0.0939. The number of nitrogens with one attached hydrogen (secondary N) is 3. The molecule has 0 heterocycles. The number of carbonyl (C=O) groups is 1. The second-order valence-corrected chi connectivity index (χ2v) is 5.08. The zero-order chi connectivity index (χ0) is 16.4. The van der Waals surface area contributed by atoms with Gasteiger partial charge in [-0.3, -0.25) is 9.79 Å². The van der Waals surface area contributed by atoms with Gasteiger partial charge in [-0.05, 0) is 31.0 Å². The van der Waals surface area contributed by atoms with E-state index in [-0.39, 0.29) is 11.9 Å². The van der Waals surface area contributed by atoms with E-state index in [0.717, 1.165) is 12.0 Å². The van der Waals surface area contributed by atoms with Crippen LogP contribution in [-0.2, 0) is 6.54 Å². The molecule has 1 aromatic rings. The lowest BCUT2D eigenvalue weighted by Crippen LogP contribution is -2.36. The fraction of sp³-hybridized carbons (Fsp3) is 0.412. The van der Waals surface area contributed by atoms with Crippen molar-refractivity contribution in [3.05, 3.63) is 48.0 Å². The highest BCUT2D eigenvalue weighted by Gasteiger charge is 2.09. The molecule has 1 atom stereocenters. The van der Waals surface area contributed by atoms with Crippen LogP contribution in [0.25, 0.3) is 0 Å². The first-order valence-electron chi connectivity index (χ1n) is 7.55. The predicted octanol–water partition coefficient (Wildman–Crippen LogP) is 2.07. The molecule has 0 aliphatic carbocycles. The molecule has 0 radical (unpaired) electrons. The van der Waals surface area contributed by atoms with E-state index >= 15 is 0 Å². The first-order valence-corrected chi connectivity index (χ1v) is 7.55. The summed E-state index contributed by atoms with van der Waals surface area (Å²) in [5.41, 5.74) is 1.70. The van der Waals surface area contributed by atoms with Crippen molar-refractivity contribution in [1.29, 1.82) is 0 Å². The fourth-order valence-corrected chi connectivity index (χ4v) is 1.81. The fourth-order valence-electron chi connectivity index (χ4n) is 1.81. The number of guanidine groups is 1. The quantitative estimate of drug-likeness (QED) is 0.410. The molecule has 1 amide bonds. The summed E-state index contributed by atoms with van der Waals surface area (Å²) in [7, 11) is 1.72. The van der Waals surface area contributed by atoms with E-state index < -0.39 is 0 Å². The minimum absolute atomic E-state index is 0.0367. The van der Waals surface area contributed by atoms with Crippen LogP contribution in [0.5, 0.6) is 0 Å². The summed E-state index contributed by atoms with van der Waals surface area (Å²) in [6, 6.07) is 7.77. The van der Waals surface area contributed by atoms with E-state index in [1.807, 2.05) is 38.1 Å². The number of rotatable bonds is 7. The number of carbonyl (C=O) groups excluding carboxylic acids is 1. The van der Waals surface area contributed by atoms with Gasteiger partial charge in [0.1, 0.15) is 0 Å². The van der Waals surface area contributed by atoms with E-state index in [1.165, 1.54) is 0 Å². The lowest BCUT2D eigenvalue weighted by Gasteiger charge is -2.13. The third-order valence-electron chi connectivity index (χ3n) is 3.28. The van der Waals surface area contributed by atoms with Crippen LogP contribution in [-0.4, -0.2) is 31.5 Å². The highest BCUT2D eigenvalue weighted by Crippen LogP contribution is 2.06. The number of amides is 1. The van der Waals surface area contributed by atoms with Crippen molar-refractivity contribution < 1.29 is 4.79 Å². The Labute approximate surface area is 132 Å². The van der Waals surface area contributed by atoms with Crippen molar-refractivity contribution in [3.8, 4) is 0 Å². The highest BCUT2D eigenvalue weighted by atomic mass is 16.1. The van der Waals surface area contributed by atoms with E-state index in [4.69, 9.17) is 0 Å². The van der Waals surface area contributed by atoms with Crippen LogP contribution in [0, 0.1) is 0 Å². The maximum absolute atomic E-state index is 12.1. The summed E-state index contributed by atoms with van der Waals surface area (Å²) >= 11 is 0. The average molecular weight is 302 g/mol. The van der Waals surface area contributed by atoms with Crippen molar-refractivity contribution >= 4 is 11.9 Å². The summed E-state index contributed by atoms with van der Waals surface area (Å²) < 4.78 is 0. The first kappa shape index (κ1) is 17.8. The molecule has 22 heavy (non-hydrogen) atoms. The molecule has 0 saturated carbocycles. The molecule has 120 valence electrons. The Hall–Kier alpha value is -2.30. The normalized spacial score (nSPS) is 12.4. The SMILES string of the molecule is C=CCNC(=NC)NCc1cccc(C(=O)NC(C)CC)c1. The van der Waals surface area contributed by atoms with Gasteiger partial charge in [-0.15, -0.1) is 6.58 Å². The summed E-state index contributed by atoms with van der Waals surface area (Å²) in [5, 5.41) is 9.27. The third kappa shape index (κ3) is 5.99. The van der Waals surface area contributed by atoms with Crippen molar-refractivity contribution in [1.82, 2.24) is 16.0 Å². The van der Waals surface area contributed by atoms with Crippen LogP contribution < -0.4 is 16.0 Å². The molecule has 0 aromatic heterocycles. The summed E-state index contributed by atoms with van der Waals surface area (Å²) in [6.45, 7) is 8.95. The Morgan fingerprint density at radius 1 is 1.41 bits per heavy atom. The first-order chi connectivity index (χ1) is 10.6. The van der Waals surface area contributed by atoms with Gasteiger partial charge < -0.3 is 16.0 Å². The molecule has 5 nitrogen and oxygen atoms in total. The van der Waals surface area contributed by atoms with Gasteiger partial charge in [0.15, 0.2) is 5.96 Å². The minimum atomic E-state index is -0.0367. The van der Waals surface area contributed by atoms with Gasteiger partial charge in [-0.2, -0.15) is 0 Å². The Balaban J connectivity index is 2.64. The third-order valence-corrected chi connectivity index (χ3v) is 3.28. The monoisotopic (exact) mass is 302 g/mol. The number of hydrogen-bond acceptors (Lipinski definition) is 2. The molecule has 0 bridgehead atoms. The van der Waals surface area contributed by atoms with Gasteiger partial charge >= 0.3 is 0 Å². The molecule has 0 aliphatic heterocycles. The van der Waals surface area contributed by atoms with Gasteiger partial charge in [0.25, 0.3) is 5.91 Å². The highest BCUT2D eigenvalue weighted by molar-refractivity contribution is 5.94. The van der Waals surface area contributed by atoms with E-state index in [1.54, 1.807) is 13.1 Å². The Morgan fingerprint density at radius 2 is 2.18 bits per heavy atom. The maximum Gasteiger partial charge on any atom is 0.251 e. The molecule has 3 N–H and O–H groups in total. The molecule has 1 rings (SSSR count). The molecule has 0 spiro atoms. The number of aliphatic imine (C=N–C) groups is 1. The van der Waals surface area contributed by atoms with E-state index in [9.17, 15) is 4.79 Å². The second kappa shape index (κ2) is 9.60. The van der Waals surface area contributed by atoms with Gasteiger partial charge in [0.2, 0.25) is 0 Å². The van der Waals surface area contributed by atoms with Crippen molar-refractivity contribution in [3.63, 3.8) is 0 Å². The topological polar surface area (TPSA) is 65.5 Å². The smallest absolute Gasteiger partial charge is 0.251 e. The Morgan fingerprint density at radius 3 is 2.82 bits per heavy atom. The predicted molar refractivity (Wildman–Crippen MR) is 92.1 cm³/mol. The van der Waals surface area contributed by atoms with Crippen LogP contribution in [0.4, 0.5) is 0 Å². The van der Waals surface area contributed by atoms with E-state index in [0.29, 0.717) is 24.6 Å². The molecule has 1 aromatic carbocycles. The van der Waals surface area contributed by atoms with E-state index in [2.05, 4.69) is 27.5 Å². The van der Waals surface area contributed by atoms with Gasteiger partial charge in [-0.25, -0.2) is 0 Å². The molecule has 1 unspecified atom stereocenters. The number of nitrogens with zero attached hydrogens (tertiary/aromatic N) is 1. The van der Waals surface area contributed by atoms with Gasteiger partial charge in [-0.1, -0.05) is 25.1 Å². The molecular formula is C17H26N4O. The minimum Gasteiger partial charge on any atom is -0.353 e. The largest absolute Gasteiger partial charge is 0.353 e. The molecular weight excluding hydrogens is 276 g/mol. The van der Waals surface area contributed by atoms with Crippen molar-refractivity contribution in [2.45, 2.75) is 32.9 Å². The molecule has 0 aliphatic rings.